The van der Waals surface area contributed by atoms with Gasteiger partial charge in [-0.1, -0.05) is 0 Å². The van der Waals surface area contributed by atoms with Crippen molar-refractivity contribution in [2.75, 3.05) is 11.4 Å². The van der Waals surface area contributed by atoms with E-state index < -0.39 is 0 Å². The van der Waals surface area contributed by atoms with Crippen molar-refractivity contribution < 1.29 is 0 Å². The summed E-state index contributed by atoms with van der Waals surface area (Å²) in [6.45, 7) is 1.00. The molecule has 0 amide bonds. The van der Waals surface area contributed by atoms with Gasteiger partial charge in [0.15, 0.2) is 0 Å². The number of hydrogen-bond acceptors (Lipinski definition) is 4. The van der Waals surface area contributed by atoms with E-state index in [1.165, 1.54) is 30.1 Å². The van der Waals surface area contributed by atoms with Crippen molar-refractivity contribution >= 4 is 5.82 Å². The van der Waals surface area contributed by atoms with Gasteiger partial charge in [-0.3, -0.25) is 0 Å². The molecule has 0 unspecified atom stereocenters. The Morgan fingerprint density at radius 3 is 2.83 bits per heavy atom. The lowest BCUT2D eigenvalue weighted by molar-refractivity contribution is 0.607. The van der Waals surface area contributed by atoms with E-state index in [0.717, 1.165) is 38.0 Å². The molecular weight excluding hydrogens is 286 g/mol. The van der Waals surface area contributed by atoms with Crippen LogP contribution in [0, 0.1) is 11.3 Å². The van der Waals surface area contributed by atoms with E-state index in [4.69, 9.17) is 10.2 Å². The summed E-state index contributed by atoms with van der Waals surface area (Å²) in [7, 11) is 2.16. The van der Waals surface area contributed by atoms with E-state index in [0.29, 0.717) is 11.6 Å². The summed E-state index contributed by atoms with van der Waals surface area (Å²) in [6.07, 6.45) is 8.74. The lowest BCUT2D eigenvalue weighted by Crippen LogP contribution is -2.25. The van der Waals surface area contributed by atoms with Crippen LogP contribution in [0.3, 0.4) is 0 Å². The Morgan fingerprint density at radius 2 is 2.09 bits per heavy atom. The molecule has 1 fully saturated rings. The molecule has 0 aromatic carbocycles. The maximum Gasteiger partial charge on any atom is 0.131 e. The summed E-state index contributed by atoms with van der Waals surface area (Å²) in [5.41, 5.74) is 3.33. The summed E-state index contributed by atoms with van der Waals surface area (Å²) < 4.78 is 2.32. The highest BCUT2D eigenvalue weighted by Crippen LogP contribution is 2.36. The Kier molecular flexibility index (Phi) is 3.53. The number of nitrogens with zero attached hydrogens (tertiary/aromatic N) is 5. The summed E-state index contributed by atoms with van der Waals surface area (Å²) in [5.74, 6) is 2.13. The van der Waals surface area contributed by atoms with Crippen molar-refractivity contribution in [3.05, 3.63) is 41.1 Å². The molecule has 1 atom stereocenters. The van der Waals surface area contributed by atoms with Gasteiger partial charge in [-0.25, -0.2) is 9.97 Å². The molecule has 1 saturated heterocycles. The van der Waals surface area contributed by atoms with E-state index in [1.807, 2.05) is 12.1 Å². The smallest absolute Gasteiger partial charge is 0.131 e. The van der Waals surface area contributed by atoms with Crippen molar-refractivity contribution in [1.29, 1.82) is 5.26 Å². The van der Waals surface area contributed by atoms with Crippen LogP contribution in [0.4, 0.5) is 5.82 Å². The van der Waals surface area contributed by atoms with E-state index in [9.17, 15) is 0 Å². The van der Waals surface area contributed by atoms with Gasteiger partial charge < -0.3 is 9.47 Å². The van der Waals surface area contributed by atoms with Gasteiger partial charge in [0.05, 0.1) is 17.3 Å². The minimum atomic E-state index is 0.297. The van der Waals surface area contributed by atoms with Crippen molar-refractivity contribution in [1.82, 2.24) is 14.5 Å². The van der Waals surface area contributed by atoms with Gasteiger partial charge in [-0.2, -0.15) is 5.26 Å². The maximum absolute atomic E-state index is 8.94. The van der Waals surface area contributed by atoms with E-state index in [1.54, 1.807) is 6.20 Å². The predicted octanol–water partition coefficient (Wildman–Crippen LogP) is 2.91. The molecule has 118 valence electrons. The minimum absolute atomic E-state index is 0.297. The third-order valence-corrected chi connectivity index (χ3v) is 5.13. The molecule has 0 bridgehead atoms. The van der Waals surface area contributed by atoms with Crippen LogP contribution in [0.15, 0.2) is 18.3 Å². The molecule has 3 heterocycles. The second kappa shape index (κ2) is 5.69. The number of fused-ring (bicyclic) bond motifs is 1. The second-order valence-corrected chi connectivity index (χ2v) is 6.50. The van der Waals surface area contributed by atoms with Crippen molar-refractivity contribution in [3.63, 3.8) is 0 Å². The first-order valence-electron chi connectivity index (χ1n) is 8.45. The van der Waals surface area contributed by atoms with Gasteiger partial charge in [0.1, 0.15) is 17.7 Å². The maximum atomic E-state index is 8.94. The third-order valence-electron chi connectivity index (χ3n) is 5.13. The zero-order chi connectivity index (χ0) is 15.8. The number of rotatable bonds is 2. The average Bonchev–Trinajstić information content (AvgIpc) is 3.20. The molecule has 2 aromatic rings. The van der Waals surface area contributed by atoms with Gasteiger partial charge in [0.2, 0.25) is 0 Å². The summed E-state index contributed by atoms with van der Waals surface area (Å²) in [6, 6.07) is 6.24. The van der Waals surface area contributed by atoms with Gasteiger partial charge >= 0.3 is 0 Å². The van der Waals surface area contributed by atoms with Crippen LogP contribution >= 0.6 is 0 Å². The number of nitriles is 1. The van der Waals surface area contributed by atoms with Crippen LogP contribution in [-0.4, -0.2) is 21.1 Å². The Morgan fingerprint density at radius 1 is 1.22 bits per heavy atom. The minimum Gasteiger partial charge on any atom is -0.346 e. The first kappa shape index (κ1) is 14.3. The standard InChI is InChI=1S/C18H21N5/c1-22-15-6-3-2-5-14(15)21-18(22)16-7-4-10-23(16)17-9-8-13(11-19)12-20-17/h8-9,12,16H,2-7,10H2,1H3/t16-/m0/s1. The summed E-state index contributed by atoms with van der Waals surface area (Å²) in [4.78, 5) is 11.8. The number of imidazole rings is 1. The fourth-order valence-electron chi connectivity index (χ4n) is 3.94. The molecule has 5 nitrogen and oxygen atoms in total. The normalized spacial score (nSPS) is 20.3. The Hall–Kier alpha value is -2.35. The molecule has 0 radical (unpaired) electrons. The molecule has 0 N–H and O–H groups in total. The van der Waals surface area contributed by atoms with Crippen LogP contribution in [0.1, 0.15) is 54.5 Å². The molecule has 0 saturated carbocycles. The van der Waals surface area contributed by atoms with Crippen molar-refractivity contribution in [2.24, 2.45) is 7.05 Å². The molecule has 2 aliphatic rings. The zero-order valence-corrected chi connectivity index (χ0v) is 13.5. The lowest BCUT2D eigenvalue weighted by Gasteiger charge is -2.25. The molecule has 4 rings (SSSR count). The monoisotopic (exact) mass is 307 g/mol. The van der Waals surface area contributed by atoms with Gasteiger partial charge in [-0.15, -0.1) is 0 Å². The van der Waals surface area contributed by atoms with Gasteiger partial charge in [0, 0.05) is 25.5 Å². The molecule has 2 aromatic heterocycles. The molecule has 1 aliphatic carbocycles. The van der Waals surface area contributed by atoms with E-state index in [2.05, 4.69) is 27.6 Å². The lowest BCUT2D eigenvalue weighted by atomic mass is 10.0. The van der Waals surface area contributed by atoms with Crippen LogP contribution < -0.4 is 4.90 Å². The second-order valence-electron chi connectivity index (χ2n) is 6.50. The van der Waals surface area contributed by atoms with Crippen LogP contribution in [0.2, 0.25) is 0 Å². The van der Waals surface area contributed by atoms with Crippen molar-refractivity contribution in [3.8, 4) is 6.07 Å². The number of anilines is 1. The molecule has 23 heavy (non-hydrogen) atoms. The molecule has 1 aliphatic heterocycles. The number of pyridine rings is 1. The Bertz CT molecular complexity index is 753. The average molecular weight is 307 g/mol. The number of aromatic nitrogens is 3. The fourth-order valence-corrected chi connectivity index (χ4v) is 3.94. The molecule has 0 spiro atoms. The highest BCUT2D eigenvalue weighted by atomic mass is 15.3. The van der Waals surface area contributed by atoms with Crippen molar-refractivity contribution in [2.45, 2.75) is 44.6 Å². The fraction of sp³-hybridized carbons (Fsp3) is 0.500. The first-order chi connectivity index (χ1) is 11.3. The molecule has 5 heteroatoms. The van der Waals surface area contributed by atoms with Gasteiger partial charge in [-0.05, 0) is 50.7 Å². The highest BCUT2D eigenvalue weighted by molar-refractivity contribution is 5.45. The Labute approximate surface area is 136 Å². The van der Waals surface area contributed by atoms with Crippen LogP contribution in [0.5, 0.6) is 0 Å². The highest BCUT2D eigenvalue weighted by Gasteiger charge is 2.32. The molecular formula is C18H21N5. The van der Waals surface area contributed by atoms with Crippen LogP contribution in [-0.2, 0) is 19.9 Å². The van der Waals surface area contributed by atoms with E-state index in [-0.39, 0.29) is 0 Å². The van der Waals surface area contributed by atoms with Crippen LogP contribution in [0.25, 0.3) is 0 Å². The van der Waals surface area contributed by atoms with Gasteiger partial charge in [0.25, 0.3) is 0 Å². The summed E-state index contributed by atoms with van der Waals surface area (Å²) in [5, 5.41) is 8.94. The zero-order valence-electron chi connectivity index (χ0n) is 13.5. The topological polar surface area (TPSA) is 57.7 Å². The SMILES string of the molecule is Cn1c([C@@H]2CCCN2c2ccc(C#N)cn2)nc2c1CCCC2. The van der Waals surface area contributed by atoms with E-state index >= 15 is 0 Å². The largest absolute Gasteiger partial charge is 0.346 e. The first-order valence-corrected chi connectivity index (χ1v) is 8.45. The quantitative estimate of drug-likeness (QED) is 0.856. The predicted molar refractivity (Wildman–Crippen MR) is 88.1 cm³/mol. The Balaban J connectivity index is 1.68. The summed E-state index contributed by atoms with van der Waals surface area (Å²) >= 11 is 0. The third kappa shape index (κ3) is 2.39. The number of hydrogen-bond donors (Lipinski definition) is 0. The number of aryl methyl sites for hydroxylation is 1.